The highest BCUT2D eigenvalue weighted by atomic mass is 35.5. The van der Waals surface area contributed by atoms with Crippen LogP contribution in [0.2, 0.25) is 5.15 Å². The number of amides is 1. The minimum absolute atomic E-state index is 0.0343. The Bertz CT molecular complexity index is 1890. The van der Waals surface area contributed by atoms with Crippen LogP contribution in [0.25, 0.3) is 10.9 Å². The van der Waals surface area contributed by atoms with Gasteiger partial charge in [-0.2, -0.15) is 5.10 Å². The number of sulfonamides is 1. The first-order chi connectivity index (χ1) is 20.8. The summed E-state index contributed by atoms with van der Waals surface area (Å²) in [6, 6.07) is 6.41. The Kier molecular flexibility index (Phi) is 8.67. The zero-order valence-corrected chi connectivity index (χ0v) is 27.1. The molecule has 44 heavy (non-hydrogen) atoms. The Morgan fingerprint density at radius 1 is 1.14 bits per heavy atom. The van der Waals surface area contributed by atoms with Gasteiger partial charge >= 0.3 is 0 Å². The molecule has 0 unspecified atom stereocenters. The number of aryl methyl sites for hydroxylation is 3. The lowest BCUT2D eigenvalue weighted by atomic mass is 9.96. The fourth-order valence-corrected chi connectivity index (χ4v) is 6.18. The number of piperidine rings is 1. The Morgan fingerprint density at radius 3 is 2.45 bits per heavy atom. The number of hydrogen-bond donors (Lipinski definition) is 2. The molecule has 1 aliphatic rings. The lowest BCUT2D eigenvalue weighted by molar-refractivity contribution is 0.0977. The highest BCUT2D eigenvalue weighted by Crippen LogP contribution is 2.32. The number of carbonyl (C=O) groups is 1. The summed E-state index contributed by atoms with van der Waals surface area (Å²) in [7, 11) is -1.94. The van der Waals surface area contributed by atoms with E-state index < -0.39 is 22.0 Å². The lowest BCUT2D eigenvalue weighted by Gasteiger charge is -2.33. The first kappa shape index (κ1) is 31.4. The van der Waals surface area contributed by atoms with Gasteiger partial charge in [-0.15, -0.1) is 0 Å². The van der Waals surface area contributed by atoms with Gasteiger partial charge in [-0.25, -0.2) is 28.1 Å². The molecule has 1 atom stereocenters. The van der Waals surface area contributed by atoms with Crippen LogP contribution in [0, 0.1) is 13.8 Å². The number of carbonyl (C=O) groups excluding carboxylic acids is 1. The van der Waals surface area contributed by atoms with E-state index in [0.717, 1.165) is 41.9 Å². The first-order valence-electron chi connectivity index (χ1n) is 14.4. The summed E-state index contributed by atoms with van der Waals surface area (Å²) in [6.45, 7) is 9.52. The van der Waals surface area contributed by atoms with Crippen molar-refractivity contribution in [3.05, 3.63) is 68.2 Å². The summed E-state index contributed by atoms with van der Waals surface area (Å²) in [5.74, 6) is 1.65. The maximum Gasteiger partial charge on any atom is 0.285 e. The number of benzene rings is 1. The molecule has 1 fully saturated rings. The molecule has 1 aromatic carbocycles. The highest BCUT2D eigenvalue weighted by Gasteiger charge is 2.28. The molecule has 0 saturated carbocycles. The van der Waals surface area contributed by atoms with Gasteiger partial charge in [0.1, 0.15) is 11.0 Å². The fourth-order valence-electron chi connectivity index (χ4n) is 5.60. The average Bonchev–Trinajstić information content (AvgIpc) is 3.30. The van der Waals surface area contributed by atoms with E-state index in [1.54, 1.807) is 15.3 Å². The molecule has 2 N–H and O–H groups in total. The molecular weight excluding hydrogens is 606 g/mol. The standard InChI is InChI=1S/C29H36ClN9O4S/c1-7-39-28(41)21-15-16(2)14-20(17(3)31-22-8-9-23(30)33-25(22)27(40)36-44(6,42)43)24(21)34-29(39)38-12-10-19(11-13-38)26-32-18(4)37(5)35-26/h8-9,14-15,17,19,31H,7,10-13H2,1-6H3,(H,36,40)/t17-/m1/s1. The second-order valence-corrected chi connectivity index (χ2v) is 13.3. The predicted octanol–water partition coefficient (Wildman–Crippen LogP) is 3.46. The van der Waals surface area contributed by atoms with Crippen LogP contribution in [0.1, 0.15) is 71.9 Å². The van der Waals surface area contributed by atoms with Crippen LogP contribution in [0.4, 0.5) is 11.6 Å². The summed E-state index contributed by atoms with van der Waals surface area (Å²) in [6.07, 6.45) is 2.55. The molecule has 0 spiro atoms. The van der Waals surface area contributed by atoms with E-state index >= 15 is 0 Å². The summed E-state index contributed by atoms with van der Waals surface area (Å²) in [5, 5.41) is 8.36. The van der Waals surface area contributed by atoms with E-state index in [9.17, 15) is 18.0 Å². The number of halogens is 1. The number of aromatic nitrogens is 6. The summed E-state index contributed by atoms with van der Waals surface area (Å²) in [4.78, 5) is 42.6. The van der Waals surface area contributed by atoms with Gasteiger partial charge in [0.15, 0.2) is 11.5 Å². The van der Waals surface area contributed by atoms with Gasteiger partial charge in [0.2, 0.25) is 16.0 Å². The topological polar surface area (TPSA) is 157 Å². The third kappa shape index (κ3) is 6.41. The van der Waals surface area contributed by atoms with Crippen LogP contribution in [0.5, 0.6) is 0 Å². The largest absolute Gasteiger partial charge is 0.377 e. The number of nitrogens with zero attached hydrogens (tertiary/aromatic N) is 7. The quantitative estimate of drug-likeness (QED) is 0.273. The van der Waals surface area contributed by atoms with Gasteiger partial charge in [-0.3, -0.25) is 18.8 Å². The van der Waals surface area contributed by atoms with E-state index in [-0.39, 0.29) is 28.0 Å². The molecule has 1 saturated heterocycles. The molecule has 0 bridgehead atoms. The normalized spacial score (nSPS) is 15.0. The van der Waals surface area contributed by atoms with Gasteiger partial charge in [0.05, 0.1) is 28.9 Å². The predicted molar refractivity (Wildman–Crippen MR) is 170 cm³/mol. The minimum atomic E-state index is -3.83. The van der Waals surface area contributed by atoms with Crippen LogP contribution in [-0.2, 0) is 23.6 Å². The van der Waals surface area contributed by atoms with Crippen LogP contribution in [-0.4, -0.2) is 63.0 Å². The lowest BCUT2D eigenvalue weighted by Crippen LogP contribution is -2.38. The van der Waals surface area contributed by atoms with E-state index in [0.29, 0.717) is 36.5 Å². The van der Waals surface area contributed by atoms with Crippen LogP contribution >= 0.6 is 11.6 Å². The van der Waals surface area contributed by atoms with Crippen molar-refractivity contribution in [3.63, 3.8) is 0 Å². The van der Waals surface area contributed by atoms with Crippen molar-refractivity contribution >= 4 is 50.1 Å². The van der Waals surface area contributed by atoms with Crippen LogP contribution in [0.15, 0.2) is 29.1 Å². The number of fused-ring (bicyclic) bond motifs is 1. The smallest absolute Gasteiger partial charge is 0.285 e. The van der Waals surface area contributed by atoms with E-state index in [1.165, 1.54) is 6.07 Å². The van der Waals surface area contributed by atoms with E-state index in [1.807, 2.05) is 51.6 Å². The van der Waals surface area contributed by atoms with Crippen molar-refractivity contribution in [3.8, 4) is 0 Å². The van der Waals surface area contributed by atoms with Gasteiger partial charge < -0.3 is 10.2 Å². The summed E-state index contributed by atoms with van der Waals surface area (Å²) >= 11 is 6.05. The summed E-state index contributed by atoms with van der Waals surface area (Å²) < 4.78 is 28.9. The molecule has 3 aromatic heterocycles. The van der Waals surface area contributed by atoms with Crippen molar-refractivity contribution in [2.45, 2.75) is 59.0 Å². The third-order valence-corrected chi connectivity index (χ3v) is 8.63. The van der Waals surface area contributed by atoms with Crippen molar-refractivity contribution in [1.82, 2.24) is 34.0 Å². The molecule has 13 nitrogen and oxygen atoms in total. The maximum absolute atomic E-state index is 13.9. The second kappa shape index (κ2) is 12.2. The summed E-state index contributed by atoms with van der Waals surface area (Å²) in [5.41, 5.74) is 2.14. The first-order valence-corrected chi connectivity index (χ1v) is 16.7. The number of hydrogen-bond acceptors (Lipinski definition) is 10. The van der Waals surface area contributed by atoms with Crippen LogP contribution in [0.3, 0.4) is 0 Å². The fraction of sp³-hybridized carbons (Fsp3) is 0.448. The third-order valence-electron chi connectivity index (χ3n) is 7.86. The zero-order valence-electron chi connectivity index (χ0n) is 25.5. The Morgan fingerprint density at radius 2 is 1.84 bits per heavy atom. The molecule has 1 amide bonds. The molecule has 0 radical (unpaired) electrons. The van der Waals surface area contributed by atoms with Gasteiger partial charge in [-0.1, -0.05) is 17.7 Å². The second-order valence-electron chi connectivity index (χ2n) is 11.2. The van der Waals surface area contributed by atoms with Gasteiger partial charge in [-0.05, 0) is 64.3 Å². The van der Waals surface area contributed by atoms with Crippen LogP contribution < -0.4 is 20.5 Å². The maximum atomic E-state index is 13.9. The molecule has 1 aliphatic heterocycles. The average molecular weight is 642 g/mol. The monoisotopic (exact) mass is 641 g/mol. The van der Waals surface area contributed by atoms with Crippen molar-refractivity contribution in [2.24, 2.45) is 7.05 Å². The molecule has 15 heteroatoms. The SMILES string of the molecule is CCn1c(N2CCC(c3nc(C)n(C)n3)CC2)nc2c([C@@H](C)Nc3ccc(Cl)nc3C(=O)NS(C)(=O)=O)cc(C)cc2c1=O. The molecule has 4 aromatic rings. The molecule has 5 rings (SSSR count). The number of anilines is 2. The number of rotatable bonds is 8. The number of nitrogens with one attached hydrogen (secondary N) is 2. The highest BCUT2D eigenvalue weighted by molar-refractivity contribution is 7.89. The molecule has 0 aliphatic carbocycles. The molecule has 234 valence electrons. The van der Waals surface area contributed by atoms with Crippen molar-refractivity contribution < 1.29 is 13.2 Å². The van der Waals surface area contributed by atoms with Gasteiger partial charge in [0.25, 0.3) is 11.5 Å². The Hall–Kier alpha value is -4.04. The molecule has 4 heterocycles. The minimum Gasteiger partial charge on any atom is -0.377 e. The van der Waals surface area contributed by atoms with E-state index in [4.69, 9.17) is 16.6 Å². The Labute approximate surface area is 260 Å². The molecular formula is C29H36ClN9O4S. The Balaban J connectivity index is 1.51. The zero-order chi connectivity index (χ0) is 31.9. The van der Waals surface area contributed by atoms with Crippen molar-refractivity contribution in [2.75, 3.05) is 29.6 Å². The van der Waals surface area contributed by atoms with Gasteiger partial charge in [0, 0.05) is 38.2 Å². The number of pyridine rings is 1. The van der Waals surface area contributed by atoms with Crippen molar-refractivity contribution in [1.29, 1.82) is 0 Å². The van der Waals surface area contributed by atoms with E-state index in [2.05, 4.69) is 25.3 Å².